The van der Waals surface area contributed by atoms with Crippen molar-refractivity contribution < 1.29 is 4.79 Å². The van der Waals surface area contributed by atoms with Crippen LogP contribution in [0.1, 0.15) is 23.7 Å². The highest BCUT2D eigenvalue weighted by molar-refractivity contribution is 6.36. The lowest BCUT2D eigenvalue weighted by Crippen LogP contribution is -2.16. The van der Waals surface area contributed by atoms with Gasteiger partial charge in [-0.3, -0.25) is 4.79 Å². The molecule has 6 heteroatoms. The van der Waals surface area contributed by atoms with Crippen LogP contribution in [0.5, 0.6) is 0 Å². The standard InChI is InChI=1S/C15H15Cl2N3O/c1-2-7-18-14-11(4-3-8-19-14)15(21)20-13-6-5-10(16)9-12(13)17/h3-6,8-9H,2,7H2,1H3,(H,18,19)(H,20,21). The van der Waals surface area contributed by atoms with E-state index in [0.29, 0.717) is 27.1 Å². The summed E-state index contributed by atoms with van der Waals surface area (Å²) in [4.78, 5) is 16.5. The summed E-state index contributed by atoms with van der Waals surface area (Å²) in [7, 11) is 0. The maximum atomic E-state index is 12.4. The number of nitrogens with zero attached hydrogens (tertiary/aromatic N) is 1. The monoisotopic (exact) mass is 323 g/mol. The Morgan fingerprint density at radius 1 is 1.29 bits per heavy atom. The first kappa shape index (κ1) is 15.6. The number of hydrogen-bond acceptors (Lipinski definition) is 3. The zero-order valence-electron chi connectivity index (χ0n) is 11.5. The molecule has 1 aromatic carbocycles. The van der Waals surface area contributed by atoms with Gasteiger partial charge in [0, 0.05) is 17.8 Å². The molecule has 1 amide bonds. The van der Waals surface area contributed by atoms with Crippen LogP contribution < -0.4 is 10.6 Å². The van der Waals surface area contributed by atoms with Gasteiger partial charge < -0.3 is 10.6 Å². The molecular formula is C15H15Cl2N3O. The van der Waals surface area contributed by atoms with Crippen molar-refractivity contribution in [3.63, 3.8) is 0 Å². The highest BCUT2D eigenvalue weighted by atomic mass is 35.5. The largest absolute Gasteiger partial charge is 0.369 e. The third-order valence-corrected chi connectivity index (χ3v) is 3.32. The Balaban J connectivity index is 2.20. The molecule has 0 aliphatic carbocycles. The van der Waals surface area contributed by atoms with E-state index in [0.717, 1.165) is 13.0 Å². The summed E-state index contributed by atoms with van der Waals surface area (Å²) in [5.41, 5.74) is 0.980. The lowest BCUT2D eigenvalue weighted by molar-refractivity contribution is 0.102. The van der Waals surface area contributed by atoms with Gasteiger partial charge in [0.15, 0.2) is 0 Å². The number of carbonyl (C=O) groups excluding carboxylic acids is 1. The van der Waals surface area contributed by atoms with Crippen molar-refractivity contribution in [2.75, 3.05) is 17.2 Å². The highest BCUT2D eigenvalue weighted by Gasteiger charge is 2.13. The lowest BCUT2D eigenvalue weighted by Gasteiger charge is -2.11. The summed E-state index contributed by atoms with van der Waals surface area (Å²) in [6.45, 7) is 2.79. The number of hydrogen-bond donors (Lipinski definition) is 2. The molecule has 0 aliphatic rings. The smallest absolute Gasteiger partial charge is 0.259 e. The van der Waals surface area contributed by atoms with Crippen LogP contribution in [0, 0.1) is 0 Å². The highest BCUT2D eigenvalue weighted by Crippen LogP contribution is 2.26. The Bertz CT molecular complexity index is 647. The van der Waals surface area contributed by atoms with Crippen LogP contribution in [-0.2, 0) is 0 Å². The van der Waals surface area contributed by atoms with Gasteiger partial charge in [-0.15, -0.1) is 0 Å². The van der Waals surface area contributed by atoms with Crippen molar-refractivity contribution in [3.8, 4) is 0 Å². The number of amides is 1. The minimum Gasteiger partial charge on any atom is -0.369 e. The van der Waals surface area contributed by atoms with Crippen LogP contribution >= 0.6 is 23.2 Å². The maximum Gasteiger partial charge on any atom is 0.259 e. The summed E-state index contributed by atoms with van der Waals surface area (Å²) in [5, 5.41) is 6.80. The Kier molecular flexibility index (Phi) is 5.42. The minimum atomic E-state index is -0.272. The molecule has 2 N–H and O–H groups in total. The molecule has 1 heterocycles. The van der Waals surface area contributed by atoms with Crippen LogP contribution in [0.2, 0.25) is 10.0 Å². The van der Waals surface area contributed by atoms with Crippen molar-refractivity contribution in [3.05, 3.63) is 52.1 Å². The van der Waals surface area contributed by atoms with Crippen molar-refractivity contribution in [2.45, 2.75) is 13.3 Å². The summed E-state index contributed by atoms with van der Waals surface area (Å²) >= 11 is 11.9. The normalized spacial score (nSPS) is 10.2. The topological polar surface area (TPSA) is 54.0 Å². The van der Waals surface area contributed by atoms with Crippen LogP contribution in [0.3, 0.4) is 0 Å². The van der Waals surface area contributed by atoms with Gasteiger partial charge in [0.05, 0.1) is 16.3 Å². The van der Waals surface area contributed by atoms with Crippen LogP contribution in [0.15, 0.2) is 36.5 Å². The third-order valence-electron chi connectivity index (χ3n) is 2.77. The quantitative estimate of drug-likeness (QED) is 0.853. The van der Waals surface area contributed by atoms with Crippen LogP contribution in [-0.4, -0.2) is 17.4 Å². The Hall–Kier alpha value is -1.78. The number of nitrogens with one attached hydrogen (secondary N) is 2. The molecule has 0 radical (unpaired) electrons. The molecule has 2 rings (SSSR count). The minimum absolute atomic E-state index is 0.272. The van der Waals surface area contributed by atoms with E-state index in [1.807, 2.05) is 6.92 Å². The second-order valence-corrected chi connectivity index (χ2v) is 5.25. The van der Waals surface area contributed by atoms with Gasteiger partial charge in [-0.1, -0.05) is 30.1 Å². The molecule has 0 saturated heterocycles. The van der Waals surface area contributed by atoms with Gasteiger partial charge in [-0.2, -0.15) is 0 Å². The van der Waals surface area contributed by atoms with Gasteiger partial charge in [-0.05, 0) is 36.8 Å². The molecule has 1 aromatic heterocycles. The Morgan fingerprint density at radius 3 is 2.81 bits per heavy atom. The molecular weight excluding hydrogens is 309 g/mol. The predicted octanol–water partition coefficient (Wildman–Crippen LogP) is 4.46. The molecule has 0 aliphatic heterocycles. The molecule has 0 bridgehead atoms. The fourth-order valence-electron chi connectivity index (χ4n) is 1.75. The first-order valence-electron chi connectivity index (χ1n) is 6.57. The summed E-state index contributed by atoms with van der Waals surface area (Å²) < 4.78 is 0. The predicted molar refractivity (Wildman–Crippen MR) is 87.4 cm³/mol. The number of aromatic nitrogens is 1. The molecule has 21 heavy (non-hydrogen) atoms. The zero-order valence-corrected chi connectivity index (χ0v) is 13.0. The number of halogens is 2. The van der Waals surface area contributed by atoms with Gasteiger partial charge in [0.2, 0.25) is 0 Å². The van der Waals surface area contributed by atoms with Gasteiger partial charge >= 0.3 is 0 Å². The molecule has 0 unspecified atom stereocenters. The van der Waals surface area contributed by atoms with Crippen molar-refractivity contribution in [2.24, 2.45) is 0 Å². The summed E-state index contributed by atoms with van der Waals surface area (Å²) in [6.07, 6.45) is 2.59. The van der Waals surface area contributed by atoms with Gasteiger partial charge in [0.25, 0.3) is 5.91 Å². The lowest BCUT2D eigenvalue weighted by atomic mass is 10.2. The van der Waals surface area contributed by atoms with Crippen molar-refractivity contribution in [1.82, 2.24) is 4.98 Å². The molecule has 110 valence electrons. The number of pyridine rings is 1. The van der Waals surface area contributed by atoms with E-state index in [4.69, 9.17) is 23.2 Å². The molecule has 2 aromatic rings. The molecule has 0 spiro atoms. The van der Waals surface area contributed by atoms with Crippen LogP contribution in [0.4, 0.5) is 11.5 Å². The fraction of sp³-hybridized carbons (Fsp3) is 0.200. The number of benzene rings is 1. The maximum absolute atomic E-state index is 12.4. The van der Waals surface area contributed by atoms with E-state index in [2.05, 4.69) is 15.6 Å². The SMILES string of the molecule is CCCNc1ncccc1C(=O)Nc1ccc(Cl)cc1Cl. The van der Waals surface area contributed by atoms with E-state index in [-0.39, 0.29) is 5.91 Å². The van der Waals surface area contributed by atoms with Gasteiger partial charge in [-0.25, -0.2) is 4.98 Å². The van der Waals surface area contributed by atoms with Crippen molar-refractivity contribution in [1.29, 1.82) is 0 Å². The van der Waals surface area contributed by atoms with Crippen molar-refractivity contribution >= 4 is 40.6 Å². The average Bonchev–Trinajstić information content (AvgIpc) is 2.48. The number of carbonyl (C=O) groups is 1. The van der Waals surface area contributed by atoms with Gasteiger partial charge in [0.1, 0.15) is 5.82 Å². The summed E-state index contributed by atoms with van der Waals surface area (Å²) in [5.74, 6) is 0.285. The van der Waals surface area contributed by atoms with E-state index < -0.39 is 0 Å². The Labute approximate surface area is 133 Å². The van der Waals surface area contributed by atoms with E-state index in [1.54, 1.807) is 36.5 Å². The van der Waals surface area contributed by atoms with E-state index >= 15 is 0 Å². The Morgan fingerprint density at radius 2 is 2.10 bits per heavy atom. The first-order chi connectivity index (χ1) is 10.1. The third kappa shape index (κ3) is 4.09. The molecule has 4 nitrogen and oxygen atoms in total. The molecule has 0 atom stereocenters. The van der Waals surface area contributed by atoms with E-state index in [1.165, 1.54) is 0 Å². The molecule has 0 saturated carbocycles. The summed E-state index contributed by atoms with van der Waals surface area (Å²) in [6, 6.07) is 8.35. The number of anilines is 2. The fourth-order valence-corrected chi connectivity index (χ4v) is 2.21. The molecule has 0 fully saturated rings. The zero-order chi connectivity index (χ0) is 15.2. The van der Waals surface area contributed by atoms with Crippen LogP contribution in [0.25, 0.3) is 0 Å². The second kappa shape index (κ2) is 7.29. The first-order valence-corrected chi connectivity index (χ1v) is 7.32. The second-order valence-electron chi connectivity index (χ2n) is 4.40. The number of rotatable bonds is 5. The average molecular weight is 324 g/mol. The van der Waals surface area contributed by atoms with E-state index in [9.17, 15) is 4.79 Å².